The second-order valence-electron chi connectivity index (χ2n) is 4.23. The van der Waals surface area contributed by atoms with Gasteiger partial charge in [-0.05, 0) is 48.2 Å². The van der Waals surface area contributed by atoms with Crippen LogP contribution in [0.25, 0.3) is 0 Å². The lowest BCUT2D eigenvalue weighted by molar-refractivity contribution is 0.461. The molecule has 16 heavy (non-hydrogen) atoms. The molecule has 1 aromatic heterocycles. The van der Waals surface area contributed by atoms with Crippen LogP contribution in [0.5, 0.6) is 0 Å². The van der Waals surface area contributed by atoms with Crippen molar-refractivity contribution < 1.29 is 0 Å². The molecule has 2 atom stereocenters. The monoisotopic (exact) mass is 303 g/mol. The van der Waals surface area contributed by atoms with Crippen molar-refractivity contribution in [3.05, 3.63) is 9.98 Å². The fourth-order valence-electron chi connectivity index (χ4n) is 2.59. The molecule has 0 amide bonds. The molecule has 2 unspecified atom stereocenters. The number of hydrogen-bond acceptors (Lipinski definition) is 4. The molecule has 1 fully saturated rings. The summed E-state index contributed by atoms with van der Waals surface area (Å²) in [5.74, 6) is 0.641. The highest BCUT2D eigenvalue weighted by Gasteiger charge is 2.31. The minimum Gasteiger partial charge on any atom is -0.345 e. The molecular formula is C11H18BrN3S. The predicted octanol–water partition coefficient (Wildman–Crippen LogP) is 2.86. The van der Waals surface area contributed by atoms with E-state index in [1.807, 2.05) is 5.38 Å². The van der Waals surface area contributed by atoms with Crippen LogP contribution in [0.1, 0.15) is 26.2 Å². The minimum absolute atomic E-state index is 0.591. The fourth-order valence-corrected chi connectivity index (χ4v) is 3.96. The van der Waals surface area contributed by atoms with Gasteiger partial charge in [0.25, 0.3) is 0 Å². The van der Waals surface area contributed by atoms with E-state index in [4.69, 9.17) is 5.73 Å². The van der Waals surface area contributed by atoms with Crippen LogP contribution in [-0.2, 0) is 0 Å². The predicted molar refractivity (Wildman–Crippen MR) is 73.0 cm³/mol. The van der Waals surface area contributed by atoms with Gasteiger partial charge in [0.2, 0.25) is 0 Å². The molecule has 5 heteroatoms. The standard InChI is InChI=1S/C11H18BrN3S/c1-2-15(11-14-10(12)7-16-11)9-5-3-4-8(9)6-13/h7-9H,2-6,13H2,1H3. The average Bonchev–Trinajstić information content (AvgIpc) is 2.89. The van der Waals surface area contributed by atoms with E-state index in [2.05, 4.69) is 32.7 Å². The third kappa shape index (κ3) is 2.41. The molecule has 1 aromatic rings. The zero-order valence-corrected chi connectivity index (χ0v) is 11.9. The number of nitrogens with two attached hydrogens (primary N) is 1. The Hall–Kier alpha value is -0.130. The Morgan fingerprint density at radius 3 is 3.00 bits per heavy atom. The third-order valence-electron chi connectivity index (χ3n) is 3.37. The summed E-state index contributed by atoms with van der Waals surface area (Å²) in [5, 5.41) is 3.17. The molecular weight excluding hydrogens is 286 g/mol. The Morgan fingerprint density at radius 1 is 1.62 bits per heavy atom. The molecule has 0 radical (unpaired) electrons. The lowest BCUT2D eigenvalue weighted by Crippen LogP contribution is -2.40. The van der Waals surface area contributed by atoms with Crippen LogP contribution in [0, 0.1) is 5.92 Å². The Morgan fingerprint density at radius 2 is 2.44 bits per heavy atom. The van der Waals surface area contributed by atoms with Gasteiger partial charge < -0.3 is 10.6 Å². The van der Waals surface area contributed by atoms with E-state index in [1.165, 1.54) is 19.3 Å². The molecule has 1 aliphatic carbocycles. The van der Waals surface area contributed by atoms with E-state index in [1.54, 1.807) is 11.3 Å². The molecule has 2 N–H and O–H groups in total. The first-order chi connectivity index (χ1) is 7.76. The number of anilines is 1. The van der Waals surface area contributed by atoms with Gasteiger partial charge in [0.15, 0.2) is 5.13 Å². The first-order valence-corrected chi connectivity index (χ1v) is 7.51. The van der Waals surface area contributed by atoms with E-state index in [-0.39, 0.29) is 0 Å². The van der Waals surface area contributed by atoms with Crippen molar-refractivity contribution in [1.82, 2.24) is 4.98 Å². The molecule has 0 bridgehead atoms. The Kier molecular flexibility index (Phi) is 4.21. The van der Waals surface area contributed by atoms with Gasteiger partial charge in [-0.1, -0.05) is 6.42 Å². The summed E-state index contributed by atoms with van der Waals surface area (Å²) in [7, 11) is 0. The summed E-state index contributed by atoms with van der Waals surface area (Å²) in [6, 6.07) is 0.591. The summed E-state index contributed by atoms with van der Waals surface area (Å²) in [6.45, 7) is 4.01. The zero-order chi connectivity index (χ0) is 11.5. The van der Waals surface area contributed by atoms with Gasteiger partial charge in [-0.25, -0.2) is 4.98 Å². The van der Waals surface area contributed by atoms with Gasteiger partial charge in [-0.15, -0.1) is 11.3 Å². The fraction of sp³-hybridized carbons (Fsp3) is 0.727. The highest BCUT2D eigenvalue weighted by atomic mass is 79.9. The van der Waals surface area contributed by atoms with E-state index in [9.17, 15) is 0 Å². The highest BCUT2D eigenvalue weighted by molar-refractivity contribution is 9.10. The molecule has 0 aromatic carbocycles. The van der Waals surface area contributed by atoms with Gasteiger partial charge in [-0.2, -0.15) is 0 Å². The van der Waals surface area contributed by atoms with Crippen LogP contribution in [0.4, 0.5) is 5.13 Å². The van der Waals surface area contributed by atoms with E-state index >= 15 is 0 Å². The normalized spacial score (nSPS) is 24.9. The van der Waals surface area contributed by atoms with Gasteiger partial charge in [0.1, 0.15) is 4.60 Å². The van der Waals surface area contributed by atoms with E-state index in [0.717, 1.165) is 22.8 Å². The maximum Gasteiger partial charge on any atom is 0.186 e. The number of hydrogen-bond donors (Lipinski definition) is 1. The minimum atomic E-state index is 0.591. The number of thiazole rings is 1. The maximum absolute atomic E-state index is 5.85. The topological polar surface area (TPSA) is 42.2 Å². The van der Waals surface area contributed by atoms with Crippen molar-refractivity contribution in [2.24, 2.45) is 11.7 Å². The zero-order valence-electron chi connectivity index (χ0n) is 9.53. The smallest absolute Gasteiger partial charge is 0.186 e. The van der Waals surface area contributed by atoms with Crippen molar-refractivity contribution in [2.45, 2.75) is 32.2 Å². The van der Waals surface area contributed by atoms with Crippen LogP contribution in [0.3, 0.4) is 0 Å². The lowest BCUT2D eigenvalue weighted by atomic mass is 10.0. The summed E-state index contributed by atoms with van der Waals surface area (Å²) >= 11 is 5.13. The summed E-state index contributed by atoms with van der Waals surface area (Å²) in [4.78, 5) is 6.93. The molecule has 90 valence electrons. The van der Waals surface area contributed by atoms with Gasteiger partial charge in [0, 0.05) is 18.0 Å². The second-order valence-corrected chi connectivity index (χ2v) is 5.88. The van der Waals surface area contributed by atoms with Crippen molar-refractivity contribution >= 4 is 32.4 Å². The lowest BCUT2D eigenvalue weighted by Gasteiger charge is -2.31. The maximum atomic E-state index is 5.85. The Bertz CT molecular complexity index is 342. The van der Waals surface area contributed by atoms with E-state index in [0.29, 0.717) is 12.0 Å². The third-order valence-corrected chi connectivity index (χ3v) is 4.96. The largest absolute Gasteiger partial charge is 0.345 e. The van der Waals surface area contributed by atoms with Crippen molar-refractivity contribution in [3.63, 3.8) is 0 Å². The van der Waals surface area contributed by atoms with Crippen LogP contribution in [0.15, 0.2) is 9.98 Å². The van der Waals surface area contributed by atoms with E-state index < -0.39 is 0 Å². The molecule has 0 aliphatic heterocycles. The van der Waals surface area contributed by atoms with Gasteiger partial charge in [0.05, 0.1) is 0 Å². The number of aromatic nitrogens is 1. The molecule has 0 spiro atoms. The van der Waals surface area contributed by atoms with Crippen molar-refractivity contribution in [1.29, 1.82) is 0 Å². The molecule has 0 saturated heterocycles. The first kappa shape index (κ1) is 12.3. The number of halogens is 1. The second kappa shape index (κ2) is 5.47. The quantitative estimate of drug-likeness (QED) is 0.930. The van der Waals surface area contributed by atoms with Crippen LogP contribution >= 0.6 is 27.3 Å². The summed E-state index contributed by atoms with van der Waals surface area (Å²) < 4.78 is 0.938. The SMILES string of the molecule is CCN(c1nc(Br)cs1)C1CCCC1CN. The molecule has 1 saturated carbocycles. The first-order valence-electron chi connectivity index (χ1n) is 5.84. The summed E-state index contributed by atoms with van der Waals surface area (Å²) in [6.07, 6.45) is 3.83. The van der Waals surface area contributed by atoms with Crippen molar-refractivity contribution in [2.75, 3.05) is 18.0 Å². The Balaban J connectivity index is 2.15. The highest BCUT2D eigenvalue weighted by Crippen LogP contribution is 2.34. The molecule has 1 aliphatic rings. The molecule has 3 nitrogen and oxygen atoms in total. The van der Waals surface area contributed by atoms with Crippen LogP contribution < -0.4 is 10.6 Å². The number of rotatable bonds is 4. The van der Waals surface area contributed by atoms with Crippen LogP contribution in [-0.4, -0.2) is 24.1 Å². The van der Waals surface area contributed by atoms with Crippen LogP contribution in [0.2, 0.25) is 0 Å². The Labute approximate surface area is 109 Å². The average molecular weight is 304 g/mol. The van der Waals surface area contributed by atoms with Gasteiger partial charge >= 0.3 is 0 Å². The summed E-state index contributed by atoms with van der Waals surface area (Å²) in [5.41, 5.74) is 5.85. The molecule has 1 heterocycles. The van der Waals surface area contributed by atoms with Crippen molar-refractivity contribution in [3.8, 4) is 0 Å². The van der Waals surface area contributed by atoms with Gasteiger partial charge in [-0.3, -0.25) is 0 Å². The number of nitrogens with zero attached hydrogens (tertiary/aromatic N) is 2. The molecule has 2 rings (SSSR count).